The zero-order valence-electron chi connectivity index (χ0n) is 13.2. The van der Waals surface area contributed by atoms with Crippen LogP contribution >= 0.6 is 0 Å². The fraction of sp³-hybridized carbons (Fsp3) is 0.857. The molecule has 0 aliphatic carbocycles. The highest BCUT2D eigenvalue weighted by atomic mass is 16.5. The first kappa shape index (κ1) is 18.8. The first-order chi connectivity index (χ1) is 10.7. The average Bonchev–Trinajstić information content (AvgIpc) is 3.00. The minimum absolute atomic E-state index is 0.0333. The minimum Gasteiger partial charge on any atom is -0.378 e. The van der Waals surface area contributed by atoms with E-state index in [0.29, 0.717) is 52.4 Å². The summed E-state index contributed by atoms with van der Waals surface area (Å²) in [6.45, 7) is 4.03. The van der Waals surface area contributed by atoms with E-state index in [9.17, 15) is 9.59 Å². The molecule has 0 bridgehead atoms. The van der Waals surface area contributed by atoms with Crippen LogP contribution in [0.4, 0.5) is 0 Å². The molecule has 1 aliphatic heterocycles. The smallest absolute Gasteiger partial charge is 0.242 e. The third kappa shape index (κ3) is 6.69. The van der Waals surface area contributed by atoms with E-state index in [1.165, 1.54) is 0 Å². The predicted molar refractivity (Wildman–Crippen MR) is 84.2 cm³/mol. The van der Waals surface area contributed by atoms with Gasteiger partial charge in [-0.15, -0.1) is 0 Å². The molecule has 128 valence electrons. The van der Waals surface area contributed by atoms with Crippen LogP contribution in [0.1, 0.15) is 19.3 Å². The summed E-state index contributed by atoms with van der Waals surface area (Å²) in [7, 11) is 0. The molecule has 0 unspecified atom stereocenters. The molecule has 8 nitrogen and oxygen atoms in total. The van der Waals surface area contributed by atoms with Gasteiger partial charge in [-0.3, -0.25) is 9.59 Å². The van der Waals surface area contributed by atoms with Crippen molar-refractivity contribution in [2.75, 3.05) is 52.5 Å². The highest BCUT2D eigenvalue weighted by Gasteiger charge is 2.33. The lowest BCUT2D eigenvalue weighted by atomic mass is 10.2. The second-order valence-corrected chi connectivity index (χ2v) is 5.26. The fourth-order valence-electron chi connectivity index (χ4n) is 2.41. The Bertz CT molecular complexity index is 340. The van der Waals surface area contributed by atoms with Gasteiger partial charge in [0.05, 0.1) is 19.8 Å². The predicted octanol–water partition coefficient (Wildman–Crippen LogP) is -1.99. The molecule has 1 fully saturated rings. The van der Waals surface area contributed by atoms with Gasteiger partial charge in [-0.1, -0.05) is 0 Å². The molecule has 6 N–H and O–H groups in total. The normalized spacial score (nSPS) is 17.7. The molecule has 8 heteroatoms. The maximum atomic E-state index is 12.2. The van der Waals surface area contributed by atoms with E-state index in [1.807, 2.05) is 0 Å². The van der Waals surface area contributed by atoms with Crippen LogP contribution in [0.3, 0.4) is 0 Å². The van der Waals surface area contributed by atoms with Crippen LogP contribution in [0.15, 0.2) is 0 Å². The van der Waals surface area contributed by atoms with Crippen LogP contribution in [0.2, 0.25) is 0 Å². The monoisotopic (exact) mass is 315 g/mol. The molecule has 0 spiro atoms. The summed E-state index contributed by atoms with van der Waals surface area (Å²) in [5, 5.41) is 5.86. The van der Waals surface area contributed by atoms with Gasteiger partial charge in [0.15, 0.2) is 0 Å². The molecule has 0 saturated carbocycles. The van der Waals surface area contributed by atoms with Crippen LogP contribution in [-0.2, 0) is 14.3 Å². The Morgan fingerprint density at radius 2 is 2.00 bits per heavy atom. The topological polar surface area (TPSA) is 123 Å². The lowest BCUT2D eigenvalue weighted by molar-refractivity contribution is -0.137. The highest BCUT2D eigenvalue weighted by molar-refractivity contribution is 5.88. The van der Waals surface area contributed by atoms with E-state index in [2.05, 4.69) is 10.6 Å². The number of carbonyl (C=O) groups is 2. The average molecular weight is 315 g/mol. The standard InChI is InChI=1S/C14H29N5O3/c15-4-2-6-17-11-13(20)19-8-1-3-12(19)14(21)18-7-10-22-9-5-16/h12,17H,1-11,15-16H2,(H,18,21)/t12-/m0/s1. The van der Waals surface area contributed by atoms with E-state index >= 15 is 0 Å². The number of carbonyl (C=O) groups excluding carboxylic acids is 2. The molecule has 1 atom stereocenters. The highest BCUT2D eigenvalue weighted by Crippen LogP contribution is 2.17. The number of ether oxygens (including phenoxy) is 1. The van der Waals surface area contributed by atoms with Crippen molar-refractivity contribution in [3.05, 3.63) is 0 Å². The van der Waals surface area contributed by atoms with Crippen LogP contribution in [-0.4, -0.2) is 75.2 Å². The van der Waals surface area contributed by atoms with Crippen molar-refractivity contribution in [3.63, 3.8) is 0 Å². The Kier molecular flexibility index (Phi) is 9.72. The minimum atomic E-state index is -0.363. The number of hydrogen-bond acceptors (Lipinski definition) is 6. The number of nitrogens with zero attached hydrogens (tertiary/aromatic N) is 1. The summed E-state index contributed by atoms with van der Waals surface area (Å²) in [5.41, 5.74) is 10.7. The van der Waals surface area contributed by atoms with Crippen molar-refractivity contribution in [1.82, 2.24) is 15.5 Å². The summed E-state index contributed by atoms with van der Waals surface area (Å²) < 4.78 is 5.21. The Morgan fingerprint density at radius 3 is 2.73 bits per heavy atom. The van der Waals surface area contributed by atoms with Gasteiger partial charge >= 0.3 is 0 Å². The van der Waals surface area contributed by atoms with E-state index in [0.717, 1.165) is 12.8 Å². The maximum absolute atomic E-state index is 12.2. The van der Waals surface area contributed by atoms with Gasteiger partial charge in [-0.25, -0.2) is 0 Å². The summed E-state index contributed by atoms with van der Waals surface area (Å²) in [6, 6.07) is -0.363. The second-order valence-electron chi connectivity index (χ2n) is 5.26. The zero-order chi connectivity index (χ0) is 16.2. The van der Waals surface area contributed by atoms with Crippen LogP contribution in [0.5, 0.6) is 0 Å². The number of nitrogens with two attached hydrogens (primary N) is 2. The molecule has 0 aromatic rings. The van der Waals surface area contributed by atoms with Crippen molar-refractivity contribution in [2.24, 2.45) is 11.5 Å². The fourth-order valence-corrected chi connectivity index (χ4v) is 2.41. The van der Waals surface area contributed by atoms with Gasteiger partial charge in [-0.05, 0) is 32.4 Å². The Hall–Kier alpha value is -1.22. The third-order valence-electron chi connectivity index (χ3n) is 3.52. The SMILES string of the molecule is NCCCNCC(=O)N1CCC[C@H]1C(=O)NCCOCCN. The number of amides is 2. The summed E-state index contributed by atoms with van der Waals surface area (Å²) in [5.74, 6) is -0.141. The number of hydrogen-bond donors (Lipinski definition) is 4. The Labute approximate surface area is 131 Å². The largest absolute Gasteiger partial charge is 0.378 e. The van der Waals surface area contributed by atoms with Crippen molar-refractivity contribution >= 4 is 11.8 Å². The molecule has 1 aliphatic rings. The Morgan fingerprint density at radius 1 is 1.18 bits per heavy atom. The maximum Gasteiger partial charge on any atom is 0.242 e. The summed E-state index contributed by atoms with van der Waals surface area (Å²) in [6.07, 6.45) is 2.40. The lowest BCUT2D eigenvalue weighted by Gasteiger charge is -2.24. The summed E-state index contributed by atoms with van der Waals surface area (Å²) in [4.78, 5) is 26.0. The van der Waals surface area contributed by atoms with Gasteiger partial charge < -0.3 is 31.7 Å². The molecule has 1 heterocycles. The van der Waals surface area contributed by atoms with Crippen LogP contribution in [0.25, 0.3) is 0 Å². The molecular weight excluding hydrogens is 286 g/mol. The molecule has 1 saturated heterocycles. The first-order valence-corrected chi connectivity index (χ1v) is 7.96. The number of likely N-dealkylation sites (tertiary alicyclic amines) is 1. The van der Waals surface area contributed by atoms with Gasteiger partial charge in [0, 0.05) is 19.6 Å². The van der Waals surface area contributed by atoms with Crippen LogP contribution < -0.4 is 22.1 Å². The van der Waals surface area contributed by atoms with Gasteiger partial charge in [0.1, 0.15) is 6.04 Å². The number of rotatable bonds is 11. The molecular formula is C14H29N5O3. The van der Waals surface area contributed by atoms with Gasteiger partial charge in [0.25, 0.3) is 0 Å². The Balaban J connectivity index is 2.28. The van der Waals surface area contributed by atoms with Crippen molar-refractivity contribution in [1.29, 1.82) is 0 Å². The molecule has 0 aromatic heterocycles. The van der Waals surface area contributed by atoms with Crippen molar-refractivity contribution in [3.8, 4) is 0 Å². The number of nitrogens with one attached hydrogen (secondary N) is 2. The van der Waals surface area contributed by atoms with E-state index < -0.39 is 0 Å². The van der Waals surface area contributed by atoms with E-state index in [4.69, 9.17) is 16.2 Å². The van der Waals surface area contributed by atoms with Crippen LogP contribution in [0, 0.1) is 0 Å². The molecule has 0 radical (unpaired) electrons. The second kappa shape index (κ2) is 11.4. The lowest BCUT2D eigenvalue weighted by Crippen LogP contribution is -2.49. The third-order valence-corrected chi connectivity index (χ3v) is 3.52. The molecule has 2 amide bonds. The van der Waals surface area contributed by atoms with Gasteiger partial charge in [-0.2, -0.15) is 0 Å². The summed E-state index contributed by atoms with van der Waals surface area (Å²) >= 11 is 0. The first-order valence-electron chi connectivity index (χ1n) is 7.96. The molecule has 22 heavy (non-hydrogen) atoms. The van der Waals surface area contributed by atoms with E-state index in [1.54, 1.807) is 4.90 Å². The molecule has 1 rings (SSSR count). The quantitative estimate of drug-likeness (QED) is 0.327. The zero-order valence-corrected chi connectivity index (χ0v) is 13.2. The van der Waals surface area contributed by atoms with Crippen molar-refractivity contribution < 1.29 is 14.3 Å². The van der Waals surface area contributed by atoms with Crippen molar-refractivity contribution in [2.45, 2.75) is 25.3 Å². The van der Waals surface area contributed by atoms with Gasteiger partial charge in [0.2, 0.25) is 11.8 Å². The molecule has 0 aromatic carbocycles. The van der Waals surface area contributed by atoms with E-state index in [-0.39, 0.29) is 24.4 Å².